The Bertz CT molecular complexity index is 634. The summed E-state index contributed by atoms with van der Waals surface area (Å²) in [6.45, 7) is 19.6. The van der Waals surface area contributed by atoms with Crippen LogP contribution in [0.15, 0.2) is 36.4 Å². The first-order valence-corrected chi connectivity index (χ1v) is 10.9. The van der Waals surface area contributed by atoms with Crippen LogP contribution in [0.4, 0.5) is 5.69 Å². The Hall–Kier alpha value is -1.96. The number of rotatable bonds is 1. The lowest BCUT2D eigenvalue weighted by molar-refractivity contribution is 0.411. The molecule has 0 atom stereocenters. The molecule has 0 saturated carbocycles. The molecule has 0 spiro atoms. The smallest absolute Gasteiger partial charge is 0.122 e. The SMILES string of the molecule is CC.CC.CC.COc1cccc(C)c1C.Cc1cccc2c1CCCN2C. The molecule has 2 aromatic carbocycles. The van der Waals surface area contributed by atoms with E-state index in [0.717, 1.165) is 5.75 Å². The van der Waals surface area contributed by atoms with Crippen molar-refractivity contribution in [1.29, 1.82) is 0 Å². The molecule has 0 saturated heterocycles. The third-order valence-corrected chi connectivity index (χ3v) is 4.49. The van der Waals surface area contributed by atoms with Crippen LogP contribution >= 0.6 is 0 Å². The minimum atomic E-state index is 0.972. The van der Waals surface area contributed by atoms with Gasteiger partial charge >= 0.3 is 0 Å². The number of ether oxygens (including phenoxy) is 1. The van der Waals surface area contributed by atoms with Crippen LogP contribution in [0.1, 0.15) is 70.2 Å². The van der Waals surface area contributed by atoms with Crippen LogP contribution in [-0.2, 0) is 6.42 Å². The van der Waals surface area contributed by atoms with Crippen LogP contribution < -0.4 is 9.64 Å². The number of hydrogen-bond acceptors (Lipinski definition) is 2. The van der Waals surface area contributed by atoms with E-state index in [-0.39, 0.29) is 0 Å². The van der Waals surface area contributed by atoms with Crippen LogP contribution in [0, 0.1) is 20.8 Å². The van der Waals surface area contributed by atoms with Gasteiger partial charge in [-0.25, -0.2) is 0 Å². The molecule has 2 nitrogen and oxygen atoms in total. The molecule has 160 valence electrons. The lowest BCUT2D eigenvalue weighted by atomic mass is 9.98. The van der Waals surface area contributed by atoms with E-state index in [1.807, 2.05) is 53.7 Å². The summed E-state index contributed by atoms with van der Waals surface area (Å²) in [5.74, 6) is 0.972. The van der Waals surface area contributed by atoms with Gasteiger partial charge < -0.3 is 9.64 Å². The van der Waals surface area contributed by atoms with Gasteiger partial charge in [0.05, 0.1) is 7.11 Å². The van der Waals surface area contributed by atoms with E-state index < -0.39 is 0 Å². The van der Waals surface area contributed by atoms with Crippen LogP contribution in [-0.4, -0.2) is 20.7 Å². The summed E-state index contributed by atoms with van der Waals surface area (Å²) in [5.41, 5.74) is 6.93. The Morgan fingerprint density at radius 2 is 1.32 bits per heavy atom. The average Bonchev–Trinajstić information content (AvgIpc) is 2.76. The normalized spacial score (nSPS) is 10.9. The second kappa shape index (κ2) is 17.2. The fourth-order valence-corrected chi connectivity index (χ4v) is 2.93. The van der Waals surface area contributed by atoms with Crippen molar-refractivity contribution >= 4 is 5.69 Å². The van der Waals surface area contributed by atoms with Crippen LogP contribution in [0.25, 0.3) is 0 Å². The zero-order chi connectivity index (χ0) is 22.1. The molecule has 0 amide bonds. The van der Waals surface area contributed by atoms with Crippen molar-refractivity contribution in [2.24, 2.45) is 0 Å². The van der Waals surface area contributed by atoms with E-state index in [2.05, 4.69) is 57.0 Å². The molecule has 0 bridgehead atoms. The molecule has 0 unspecified atom stereocenters. The van der Waals surface area contributed by atoms with Gasteiger partial charge in [0.25, 0.3) is 0 Å². The van der Waals surface area contributed by atoms with Gasteiger partial charge in [-0.05, 0) is 68.0 Å². The van der Waals surface area contributed by atoms with Gasteiger partial charge in [-0.1, -0.05) is 65.8 Å². The maximum atomic E-state index is 5.13. The predicted molar refractivity (Wildman–Crippen MR) is 129 cm³/mol. The van der Waals surface area contributed by atoms with Crippen molar-refractivity contribution in [3.63, 3.8) is 0 Å². The van der Waals surface area contributed by atoms with Gasteiger partial charge in [0, 0.05) is 19.3 Å². The summed E-state index contributed by atoms with van der Waals surface area (Å²) in [5, 5.41) is 0. The molecule has 0 N–H and O–H groups in total. The van der Waals surface area contributed by atoms with Crippen molar-refractivity contribution in [1.82, 2.24) is 0 Å². The molecule has 0 fully saturated rings. The second-order valence-corrected chi connectivity index (χ2v) is 6.00. The number of nitrogens with zero attached hydrogens (tertiary/aromatic N) is 1. The maximum absolute atomic E-state index is 5.13. The number of aryl methyl sites for hydroxylation is 2. The average molecular weight is 388 g/mol. The highest BCUT2D eigenvalue weighted by atomic mass is 16.5. The fraction of sp³-hybridized carbons (Fsp3) is 0.538. The minimum absolute atomic E-state index is 0.972. The Morgan fingerprint density at radius 1 is 0.786 bits per heavy atom. The quantitative estimate of drug-likeness (QED) is 0.495. The zero-order valence-corrected chi connectivity index (χ0v) is 20.4. The van der Waals surface area contributed by atoms with Crippen LogP contribution in [0.3, 0.4) is 0 Å². The summed E-state index contributed by atoms with van der Waals surface area (Å²) in [4.78, 5) is 2.35. The third kappa shape index (κ3) is 8.82. The number of hydrogen-bond donors (Lipinski definition) is 0. The standard InChI is InChI=1S/C11H15N.C9H12O.3C2H6/c1-9-5-3-7-11-10(9)6-4-8-12(11)2;1-7-5-4-6-9(10-3)8(7)2;3*1-2/h3,5,7H,4,6,8H2,1-2H3;4-6H,1-3H3;3*1-2H3. The van der Waals surface area contributed by atoms with Gasteiger partial charge in [-0.15, -0.1) is 0 Å². The van der Waals surface area contributed by atoms with Crippen molar-refractivity contribution in [3.05, 3.63) is 58.7 Å². The van der Waals surface area contributed by atoms with Crippen molar-refractivity contribution in [2.45, 2.75) is 75.2 Å². The second-order valence-electron chi connectivity index (χ2n) is 6.00. The number of benzene rings is 2. The molecular weight excluding hydrogens is 342 g/mol. The Kier molecular flexibility index (Phi) is 17.3. The summed E-state index contributed by atoms with van der Waals surface area (Å²) < 4.78 is 5.13. The topological polar surface area (TPSA) is 12.5 Å². The molecule has 1 heterocycles. The molecule has 3 rings (SSSR count). The molecular formula is C26H45NO. The first kappa shape index (κ1) is 28.3. The van der Waals surface area contributed by atoms with E-state index in [9.17, 15) is 0 Å². The van der Waals surface area contributed by atoms with E-state index in [0.29, 0.717) is 0 Å². The van der Waals surface area contributed by atoms with E-state index in [1.165, 1.54) is 41.8 Å². The van der Waals surface area contributed by atoms with Gasteiger partial charge in [0.15, 0.2) is 0 Å². The Morgan fingerprint density at radius 3 is 1.82 bits per heavy atom. The highest BCUT2D eigenvalue weighted by Gasteiger charge is 2.13. The van der Waals surface area contributed by atoms with Gasteiger partial charge in [0.1, 0.15) is 5.75 Å². The van der Waals surface area contributed by atoms with E-state index in [1.54, 1.807) is 12.7 Å². The summed E-state index contributed by atoms with van der Waals surface area (Å²) in [6, 6.07) is 12.6. The minimum Gasteiger partial charge on any atom is -0.496 e. The molecule has 1 aliphatic heterocycles. The molecule has 2 aromatic rings. The number of anilines is 1. The summed E-state index contributed by atoms with van der Waals surface area (Å²) in [7, 11) is 3.87. The lowest BCUT2D eigenvalue weighted by Gasteiger charge is -2.28. The van der Waals surface area contributed by atoms with Crippen molar-refractivity contribution in [3.8, 4) is 5.75 Å². The fourth-order valence-electron chi connectivity index (χ4n) is 2.93. The van der Waals surface area contributed by atoms with Gasteiger partial charge in [0.2, 0.25) is 0 Å². The first-order chi connectivity index (χ1) is 13.5. The summed E-state index contributed by atoms with van der Waals surface area (Å²) in [6.07, 6.45) is 2.56. The number of fused-ring (bicyclic) bond motifs is 1. The number of methoxy groups -OCH3 is 1. The van der Waals surface area contributed by atoms with Crippen LogP contribution in [0.5, 0.6) is 5.75 Å². The molecule has 0 radical (unpaired) electrons. The summed E-state index contributed by atoms with van der Waals surface area (Å²) >= 11 is 0. The third-order valence-electron chi connectivity index (χ3n) is 4.49. The molecule has 0 aromatic heterocycles. The van der Waals surface area contributed by atoms with Crippen LogP contribution in [0.2, 0.25) is 0 Å². The van der Waals surface area contributed by atoms with E-state index >= 15 is 0 Å². The highest BCUT2D eigenvalue weighted by Crippen LogP contribution is 2.27. The monoisotopic (exact) mass is 387 g/mol. The van der Waals surface area contributed by atoms with Gasteiger partial charge in [-0.2, -0.15) is 0 Å². The largest absolute Gasteiger partial charge is 0.496 e. The zero-order valence-electron chi connectivity index (χ0n) is 20.4. The Balaban J connectivity index is 0. The van der Waals surface area contributed by atoms with Gasteiger partial charge in [-0.3, -0.25) is 0 Å². The molecule has 0 aliphatic carbocycles. The molecule has 28 heavy (non-hydrogen) atoms. The highest BCUT2D eigenvalue weighted by molar-refractivity contribution is 5.57. The first-order valence-electron chi connectivity index (χ1n) is 10.9. The molecule has 2 heteroatoms. The molecule has 1 aliphatic rings. The lowest BCUT2D eigenvalue weighted by Crippen LogP contribution is -2.24. The Labute approximate surface area is 175 Å². The van der Waals surface area contributed by atoms with E-state index in [4.69, 9.17) is 4.74 Å². The van der Waals surface area contributed by atoms with Crippen molar-refractivity contribution < 1.29 is 4.74 Å². The van der Waals surface area contributed by atoms with Crippen molar-refractivity contribution in [2.75, 3.05) is 25.6 Å². The predicted octanol–water partition coefficient (Wildman–Crippen LogP) is 7.77. The maximum Gasteiger partial charge on any atom is 0.122 e.